The molecule has 1 heterocycles. The number of nitrogens with zero attached hydrogens (tertiary/aromatic N) is 2. The van der Waals surface area contributed by atoms with Crippen LogP contribution >= 0.6 is 0 Å². The number of hydrogen-bond acceptors (Lipinski definition) is 4. The fourth-order valence-electron chi connectivity index (χ4n) is 2.95. The molecule has 0 aliphatic carbocycles. The summed E-state index contributed by atoms with van der Waals surface area (Å²) in [6.45, 7) is 0. The van der Waals surface area contributed by atoms with Crippen molar-refractivity contribution in [2.24, 2.45) is 0 Å². The Morgan fingerprint density at radius 3 is 1.64 bits per heavy atom. The fraction of sp³-hybridized carbons (Fsp3) is 0. The van der Waals surface area contributed by atoms with Crippen molar-refractivity contribution in [1.29, 1.82) is 0 Å². The van der Waals surface area contributed by atoms with Crippen LogP contribution in [0.2, 0.25) is 0 Å². The first-order valence-corrected chi connectivity index (χ1v) is 8.83. The first-order chi connectivity index (χ1) is 13.7. The van der Waals surface area contributed by atoms with E-state index in [1.54, 1.807) is 12.1 Å². The maximum atomic E-state index is 10.9. The second-order valence-corrected chi connectivity index (χ2v) is 6.29. The van der Waals surface area contributed by atoms with Gasteiger partial charge in [-0.3, -0.25) is 10.1 Å². The van der Waals surface area contributed by atoms with Crippen LogP contribution in [0.5, 0.6) is 0 Å². The van der Waals surface area contributed by atoms with Crippen molar-refractivity contribution in [2.75, 3.05) is 5.32 Å². The molecule has 0 fully saturated rings. The van der Waals surface area contributed by atoms with E-state index in [1.807, 2.05) is 72.8 Å². The minimum atomic E-state index is -0.406. The zero-order valence-corrected chi connectivity index (χ0v) is 14.9. The van der Waals surface area contributed by atoms with Crippen LogP contribution in [-0.2, 0) is 0 Å². The number of non-ortho nitro benzene ring substituents is 1. The van der Waals surface area contributed by atoms with Gasteiger partial charge in [0.15, 0.2) is 0 Å². The summed E-state index contributed by atoms with van der Waals surface area (Å²) < 4.78 is 0. The molecule has 4 aromatic rings. The number of benzene rings is 3. The van der Waals surface area contributed by atoms with Gasteiger partial charge < -0.3 is 5.32 Å². The maximum absolute atomic E-state index is 10.9. The Labute approximate surface area is 162 Å². The Morgan fingerprint density at radius 2 is 1.18 bits per heavy atom. The number of anilines is 2. The van der Waals surface area contributed by atoms with E-state index >= 15 is 0 Å². The summed E-state index contributed by atoms with van der Waals surface area (Å²) in [5.74, 6) is 0. The normalized spacial score (nSPS) is 10.4. The predicted molar refractivity (Wildman–Crippen MR) is 111 cm³/mol. The average molecular weight is 367 g/mol. The molecule has 1 N–H and O–H groups in total. The van der Waals surface area contributed by atoms with Crippen LogP contribution in [0.15, 0.2) is 97.1 Å². The summed E-state index contributed by atoms with van der Waals surface area (Å²) in [4.78, 5) is 15.3. The molecule has 0 saturated carbocycles. The molecule has 0 spiro atoms. The molecule has 5 heteroatoms. The number of nitro groups is 1. The molecule has 0 unspecified atom stereocenters. The van der Waals surface area contributed by atoms with Crippen LogP contribution in [-0.4, -0.2) is 9.91 Å². The molecule has 5 nitrogen and oxygen atoms in total. The van der Waals surface area contributed by atoms with E-state index in [-0.39, 0.29) is 5.69 Å². The number of hydrogen-bond donors (Lipinski definition) is 1. The van der Waals surface area contributed by atoms with Crippen LogP contribution in [0, 0.1) is 10.1 Å². The number of nitrogens with one attached hydrogen (secondary N) is 1. The van der Waals surface area contributed by atoms with Crippen molar-refractivity contribution in [3.63, 3.8) is 0 Å². The maximum Gasteiger partial charge on any atom is 0.269 e. The van der Waals surface area contributed by atoms with Gasteiger partial charge in [-0.05, 0) is 24.3 Å². The molecule has 0 atom stereocenters. The molecule has 136 valence electrons. The third-order valence-electron chi connectivity index (χ3n) is 4.33. The van der Waals surface area contributed by atoms with E-state index < -0.39 is 4.92 Å². The first-order valence-electron chi connectivity index (χ1n) is 8.83. The number of nitro benzene ring substituents is 1. The van der Waals surface area contributed by atoms with Gasteiger partial charge in [-0.2, -0.15) is 0 Å². The molecule has 4 rings (SSSR count). The SMILES string of the molecule is O=[N+]([O-])c1ccc(Nc2cc(-c3ccccc3)nc(-c3ccccc3)c2)cc1. The second kappa shape index (κ2) is 7.72. The van der Waals surface area contributed by atoms with Gasteiger partial charge in [0.1, 0.15) is 0 Å². The Kier molecular flexibility index (Phi) is 4.80. The van der Waals surface area contributed by atoms with Crippen LogP contribution in [0.4, 0.5) is 17.1 Å². The predicted octanol–water partition coefficient (Wildman–Crippen LogP) is 6.07. The van der Waals surface area contributed by atoms with Crippen molar-refractivity contribution in [2.45, 2.75) is 0 Å². The molecule has 0 radical (unpaired) electrons. The van der Waals surface area contributed by atoms with Crippen molar-refractivity contribution in [3.05, 3.63) is 107 Å². The van der Waals surface area contributed by atoms with E-state index in [0.29, 0.717) is 0 Å². The minimum absolute atomic E-state index is 0.0650. The third-order valence-corrected chi connectivity index (χ3v) is 4.33. The van der Waals surface area contributed by atoms with E-state index in [0.717, 1.165) is 33.9 Å². The number of aromatic nitrogens is 1. The van der Waals surface area contributed by atoms with Gasteiger partial charge in [-0.1, -0.05) is 60.7 Å². The summed E-state index contributed by atoms with van der Waals surface area (Å²) in [6, 6.07) is 30.3. The largest absolute Gasteiger partial charge is 0.355 e. The average Bonchev–Trinajstić information content (AvgIpc) is 2.75. The van der Waals surface area contributed by atoms with Crippen LogP contribution in [0.3, 0.4) is 0 Å². The quantitative estimate of drug-likeness (QED) is 0.343. The molecule has 0 bridgehead atoms. The number of rotatable bonds is 5. The Bertz CT molecular complexity index is 1040. The minimum Gasteiger partial charge on any atom is -0.355 e. The molecule has 28 heavy (non-hydrogen) atoms. The molecular formula is C23H17N3O2. The van der Waals surface area contributed by atoms with Crippen molar-refractivity contribution < 1.29 is 4.92 Å². The fourth-order valence-corrected chi connectivity index (χ4v) is 2.95. The molecule has 0 saturated heterocycles. The zero-order valence-electron chi connectivity index (χ0n) is 14.9. The van der Waals surface area contributed by atoms with Crippen molar-refractivity contribution >= 4 is 17.1 Å². The molecule has 0 amide bonds. The van der Waals surface area contributed by atoms with Gasteiger partial charge in [0, 0.05) is 34.6 Å². The standard InChI is InChI=1S/C23H17N3O2/c27-26(28)21-13-11-19(12-14-21)24-20-15-22(17-7-3-1-4-8-17)25-23(16-20)18-9-5-2-6-10-18/h1-16H,(H,24,25). The van der Waals surface area contributed by atoms with Crippen molar-refractivity contribution in [1.82, 2.24) is 4.98 Å². The van der Waals surface area contributed by atoms with Gasteiger partial charge in [0.2, 0.25) is 0 Å². The van der Waals surface area contributed by atoms with E-state index in [4.69, 9.17) is 4.98 Å². The number of pyridine rings is 1. The summed E-state index contributed by atoms with van der Waals surface area (Å²) >= 11 is 0. The van der Waals surface area contributed by atoms with E-state index in [1.165, 1.54) is 12.1 Å². The molecule has 3 aromatic carbocycles. The summed E-state index contributed by atoms with van der Waals surface area (Å²) in [5.41, 5.74) is 5.45. The van der Waals surface area contributed by atoms with Gasteiger partial charge >= 0.3 is 0 Å². The van der Waals surface area contributed by atoms with E-state index in [9.17, 15) is 10.1 Å². The van der Waals surface area contributed by atoms with Crippen LogP contribution in [0.25, 0.3) is 22.5 Å². The zero-order chi connectivity index (χ0) is 19.3. The lowest BCUT2D eigenvalue weighted by molar-refractivity contribution is -0.384. The smallest absolute Gasteiger partial charge is 0.269 e. The van der Waals surface area contributed by atoms with Gasteiger partial charge in [-0.25, -0.2) is 4.98 Å². The van der Waals surface area contributed by atoms with E-state index in [2.05, 4.69) is 5.32 Å². The lowest BCUT2D eigenvalue weighted by Gasteiger charge is -2.12. The monoisotopic (exact) mass is 367 g/mol. The highest BCUT2D eigenvalue weighted by Crippen LogP contribution is 2.29. The summed E-state index contributed by atoms with van der Waals surface area (Å²) in [7, 11) is 0. The van der Waals surface area contributed by atoms with Crippen LogP contribution in [0.1, 0.15) is 0 Å². The van der Waals surface area contributed by atoms with Gasteiger partial charge in [0.05, 0.1) is 16.3 Å². The highest BCUT2D eigenvalue weighted by Gasteiger charge is 2.09. The first kappa shape index (κ1) is 17.4. The second-order valence-electron chi connectivity index (χ2n) is 6.29. The lowest BCUT2D eigenvalue weighted by Crippen LogP contribution is -1.95. The van der Waals surface area contributed by atoms with Crippen LogP contribution < -0.4 is 5.32 Å². The lowest BCUT2D eigenvalue weighted by atomic mass is 10.1. The van der Waals surface area contributed by atoms with Crippen molar-refractivity contribution in [3.8, 4) is 22.5 Å². The molecular weight excluding hydrogens is 350 g/mol. The summed E-state index contributed by atoms with van der Waals surface area (Å²) in [5, 5.41) is 14.2. The Hall–Kier alpha value is -3.99. The van der Waals surface area contributed by atoms with Gasteiger partial charge in [-0.15, -0.1) is 0 Å². The highest BCUT2D eigenvalue weighted by atomic mass is 16.6. The Morgan fingerprint density at radius 1 is 0.679 bits per heavy atom. The summed E-state index contributed by atoms with van der Waals surface area (Å²) in [6.07, 6.45) is 0. The highest BCUT2D eigenvalue weighted by molar-refractivity contribution is 5.74. The van der Waals surface area contributed by atoms with Gasteiger partial charge in [0.25, 0.3) is 5.69 Å². The molecule has 1 aromatic heterocycles. The Balaban J connectivity index is 1.74. The molecule has 0 aliphatic rings. The topological polar surface area (TPSA) is 68.1 Å². The third kappa shape index (κ3) is 3.88. The molecule has 0 aliphatic heterocycles.